The summed E-state index contributed by atoms with van der Waals surface area (Å²) in [5.41, 5.74) is -0.370. The summed E-state index contributed by atoms with van der Waals surface area (Å²) < 4.78 is 6.09. The Hall–Kier alpha value is -0.590. The molecule has 1 rings (SSSR count). The maximum Gasteiger partial charge on any atom is 0.103 e. The molecule has 0 aromatic rings. The van der Waals surface area contributed by atoms with Crippen LogP contribution in [0.15, 0.2) is 0 Å². The van der Waals surface area contributed by atoms with Crippen molar-refractivity contribution in [2.24, 2.45) is 5.92 Å². The second kappa shape index (κ2) is 9.37. The third-order valence-corrected chi connectivity index (χ3v) is 4.58. The zero-order valence-corrected chi connectivity index (χ0v) is 13.6. The normalized spacial score (nSPS) is 25.9. The summed E-state index contributed by atoms with van der Waals surface area (Å²) >= 11 is 0. The quantitative estimate of drug-likeness (QED) is 0.648. The molecule has 0 aliphatic heterocycles. The fraction of sp³-hybridized carbons (Fsp3) is 0.941. The number of nitrogens with zero attached hydrogens (tertiary/aromatic N) is 1. The van der Waals surface area contributed by atoms with Crippen molar-refractivity contribution in [2.75, 3.05) is 13.2 Å². The van der Waals surface area contributed by atoms with Crippen LogP contribution in [0.25, 0.3) is 0 Å². The molecule has 3 heteroatoms. The lowest BCUT2D eigenvalue weighted by Gasteiger charge is -2.31. The third-order valence-electron chi connectivity index (χ3n) is 4.58. The van der Waals surface area contributed by atoms with E-state index >= 15 is 0 Å². The maximum absolute atomic E-state index is 9.20. The Morgan fingerprint density at radius 3 is 2.65 bits per heavy atom. The van der Waals surface area contributed by atoms with E-state index in [1.54, 1.807) is 0 Å². The summed E-state index contributed by atoms with van der Waals surface area (Å²) in [6, 6.07) is 2.38. The van der Waals surface area contributed by atoms with Crippen LogP contribution in [0.2, 0.25) is 0 Å². The predicted octanol–water partition coefficient (Wildman–Crippen LogP) is 4.03. The van der Waals surface area contributed by atoms with Crippen molar-refractivity contribution in [3.63, 3.8) is 0 Å². The van der Waals surface area contributed by atoms with Gasteiger partial charge >= 0.3 is 0 Å². The monoisotopic (exact) mass is 280 g/mol. The van der Waals surface area contributed by atoms with Crippen LogP contribution in [0.1, 0.15) is 72.1 Å². The topological polar surface area (TPSA) is 45.0 Å². The lowest BCUT2D eigenvalue weighted by atomic mass is 9.85. The molecule has 1 N–H and O–H groups in total. The Morgan fingerprint density at radius 1 is 1.25 bits per heavy atom. The average Bonchev–Trinajstić information content (AvgIpc) is 2.47. The molecule has 20 heavy (non-hydrogen) atoms. The highest BCUT2D eigenvalue weighted by Gasteiger charge is 2.24. The second-order valence-corrected chi connectivity index (χ2v) is 6.29. The van der Waals surface area contributed by atoms with Gasteiger partial charge in [-0.05, 0) is 51.5 Å². The number of ether oxygens (including phenoxy) is 1. The molecule has 3 nitrogen and oxygen atoms in total. The molecule has 0 aromatic carbocycles. The van der Waals surface area contributed by atoms with Crippen molar-refractivity contribution in [1.29, 1.82) is 5.26 Å². The Balaban J connectivity index is 2.16. The van der Waals surface area contributed by atoms with Gasteiger partial charge in [-0.1, -0.05) is 33.1 Å². The van der Waals surface area contributed by atoms with Crippen LogP contribution in [0.3, 0.4) is 0 Å². The van der Waals surface area contributed by atoms with Gasteiger partial charge in [0.1, 0.15) is 5.54 Å². The number of rotatable bonds is 9. The average molecular weight is 280 g/mol. The zero-order valence-electron chi connectivity index (χ0n) is 13.6. The number of nitrogens with one attached hydrogen (secondary N) is 1. The van der Waals surface area contributed by atoms with Crippen LogP contribution in [-0.4, -0.2) is 24.8 Å². The molecular weight excluding hydrogens is 248 g/mol. The van der Waals surface area contributed by atoms with Crippen molar-refractivity contribution < 1.29 is 4.74 Å². The maximum atomic E-state index is 9.20. The number of hydrogen-bond acceptors (Lipinski definition) is 3. The van der Waals surface area contributed by atoms with Gasteiger partial charge in [0.15, 0.2) is 0 Å². The molecule has 1 aliphatic carbocycles. The molecule has 0 spiro atoms. The zero-order chi connectivity index (χ0) is 14.8. The standard InChI is InChI=1S/C17H32N2O/c1-4-15-10-6-7-11-16(15)20-13-9-8-12-17(3,14-18)19-5-2/h15-16,19H,4-13H2,1-3H3. The summed E-state index contributed by atoms with van der Waals surface area (Å²) in [4.78, 5) is 0. The molecule has 0 amide bonds. The van der Waals surface area contributed by atoms with Gasteiger partial charge in [0.25, 0.3) is 0 Å². The largest absolute Gasteiger partial charge is 0.378 e. The van der Waals surface area contributed by atoms with Gasteiger partial charge in [-0.3, -0.25) is 5.32 Å². The highest BCUT2D eigenvalue weighted by Crippen LogP contribution is 2.29. The highest BCUT2D eigenvalue weighted by molar-refractivity contribution is 5.03. The van der Waals surface area contributed by atoms with E-state index in [2.05, 4.69) is 18.3 Å². The minimum absolute atomic E-state index is 0.370. The van der Waals surface area contributed by atoms with E-state index in [4.69, 9.17) is 4.74 Å². The van der Waals surface area contributed by atoms with Gasteiger partial charge in [-0.15, -0.1) is 0 Å². The summed E-state index contributed by atoms with van der Waals surface area (Å²) in [5, 5.41) is 12.5. The van der Waals surface area contributed by atoms with Crippen LogP contribution in [0, 0.1) is 17.2 Å². The van der Waals surface area contributed by atoms with E-state index < -0.39 is 0 Å². The Bertz CT molecular complexity index is 300. The first-order chi connectivity index (χ1) is 9.65. The Kier molecular flexibility index (Phi) is 8.18. The molecule has 116 valence electrons. The van der Waals surface area contributed by atoms with E-state index in [1.165, 1.54) is 32.1 Å². The molecule has 1 aliphatic rings. The van der Waals surface area contributed by atoms with Crippen LogP contribution in [0.4, 0.5) is 0 Å². The first-order valence-electron chi connectivity index (χ1n) is 8.43. The van der Waals surface area contributed by atoms with Crippen molar-refractivity contribution in [1.82, 2.24) is 5.32 Å². The van der Waals surface area contributed by atoms with Crippen LogP contribution >= 0.6 is 0 Å². The van der Waals surface area contributed by atoms with Gasteiger partial charge in [-0.25, -0.2) is 0 Å². The second-order valence-electron chi connectivity index (χ2n) is 6.29. The van der Waals surface area contributed by atoms with Crippen LogP contribution < -0.4 is 5.32 Å². The molecule has 3 atom stereocenters. The van der Waals surface area contributed by atoms with Gasteiger partial charge in [-0.2, -0.15) is 5.26 Å². The molecule has 0 radical (unpaired) electrons. The lowest BCUT2D eigenvalue weighted by molar-refractivity contribution is -0.0137. The van der Waals surface area contributed by atoms with Crippen molar-refractivity contribution >= 4 is 0 Å². The van der Waals surface area contributed by atoms with Crippen molar-refractivity contribution in [2.45, 2.75) is 83.8 Å². The summed E-state index contributed by atoms with van der Waals surface area (Å²) in [6.07, 6.45) is 10.1. The molecule has 3 unspecified atom stereocenters. The van der Waals surface area contributed by atoms with Crippen molar-refractivity contribution in [3.05, 3.63) is 0 Å². The number of unbranched alkanes of at least 4 members (excludes halogenated alkanes) is 1. The van der Waals surface area contributed by atoms with Gasteiger partial charge in [0.2, 0.25) is 0 Å². The van der Waals surface area contributed by atoms with Gasteiger partial charge < -0.3 is 4.74 Å². The van der Waals surface area contributed by atoms with Gasteiger partial charge in [0, 0.05) is 6.61 Å². The molecule has 0 heterocycles. The lowest BCUT2D eigenvalue weighted by Crippen LogP contribution is -2.40. The summed E-state index contributed by atoms with van der Waals surface area (Å²) in [5.74, 6) is 0.773. The predicted molar refractivity (Wildman–Crippen MR) is 83.5 cm³/mol. The van der Waals surface area contributed by atoms with E-state index in [1.807, 2.05) is 13.8 Å². The molecule has 1 saturated carbocycles. The Morgan fingerprint density at radius 2 is 2.00 bits per heavy atom. The molecule has 1 fully saturated rings. The van der Waals surface area contributed by atoms with Crippen LogP contribution in [-0.2, 0) is 4.74 Å². The first-order valence-corrected chi connectivity index (χ1v) is 8.43. The molecular formula is C17H32N2O. The molecule has 0 aromatic heterocycles. The molecule has 0 bridgehead atoms. The van der Waals surface area contributed by atoms with Crippen molar-refractivity contribution in [3.8, 4) is 6.07 Å². The summed E-state index contributed by atoms with van der Waals surface area (Å²) in [7, 11) is 0. The SMILES string of the molecule is CCNC(C)(C#N)CCCCOC1CCCCC1CC. The minimum atomic E-state index is -0.370. The number of nitriles is 1. The highest BCUT2D eigenvalue weighted by atomic mass is 16.5. The first kappa shape index (κ1) is 17.5. The smallest absolute Gasteiger partial charge is 0.103 e. The minimum Gasteiger partial charge on any atom is -0.378 e. The third kappa shape index (κ3) is 5.81. The molecule has 0 saturated heterocycles. The Labute approximate surface area is 125 Å². The van der Waals surface area contributed by atoms with E-state index in [0.29, 0.717) is 6.10 Å². The van der Waals surface area contributed by atoms with E-state index in [9.17, 15) is 5.26 Å². The van der Waals surface area contributed by atoms with Gasteiger partial charge in [0.05, 0.1) is 12.2 Å². The fourth-order valence-corrected chi connectivity index (χ4v) is 3.25. The van der Waals surface area contributed by atoms with E-state index in [0.717, 1.165) is 38.3 Å². The summed E-state index contributed by atoms with van der Waals surface area (Å²) in [6.45, 7) is 8.02. The van der Waals surface area contributed by atoms with Crippen LogP contribution in [0.5, 0.6) is 0 Å². The van der Waals surface area contributed by atoms with E-state index in [-0.39, 0.29) is 5.54 Å². The number of hydrogen-bond donors (Lipinski definition) is 1. The fourth-order valence-electron chi connectivity index (χ4n) is 3.25.